The largest absolute Gasteiger partial charge is 0.326 e. The van der Waals surface area contributed by atoms with E-state index in [2.05, 4.69) is 29.6 Å². The van der Waals surface area contributed by atoms with Crippen LogP contribution in [-0.4, -0.2) is 24.4 Å². The summed E-state index contributed by atoms with van der Waals surface area (Å²) >= 11 is 0. The quantitative estimate of drug-likeness (QED) is 0.628. The van der Waals surface area contributed by atoms with Crippen molar-refractivity contribution in [3.8, 4) is 0 Å². The zero-order valence-corrected chi connectivity index (χ0v) is 14.1. The summed E-state index contributed by atoms with van der Waals surface area (Å²) in [6, 6.07) is 12.7. The van der Waals surface area contributed by atoms with Gasteiger partial charge in [0.15, 0.2) is 6.54 Å². The maximum Gasteiger partial charge on any atom is 0.279 e. The molecule has 0 saturated heterocycles. The predicted molar refractivity (Wildman–Crippen MR) is 93.1 cm³/mol. The SMILES string of the molecule is Cc1ccc(C[NH+](C)CC(=O)Nc2cc([N+](=O)[O-])ccc2C)cc1. The number of rotatable bonds is 6. The minimum absolute atomic E-state index is 0.0312. The van der Waals surface area contributed by atoms with Gasteiger partial charge in [-0.15, -0.1) is 0 Å². The van der Waals surface area contributed by atoms with Crippen LogP contribution in [0.5, 0.6) is 0 Å². The number of aryl methyl sites for hydroxylation is 2. The number of nitro groups is 1. The fourth-order valence-electron chi connectivity index (χ4n) is 2.44. The molecule has 126 valence electrons. The van der Waals surface area contributed by atoms with E-state index in [4.69, 9.17) is 0 Å². The highest BCUT2D eigenvalue weighted by Crippen LogP contribution is 2.21. The molecule has 1 atom stereocenters. The van der Waals surface area contributed by atoms with E-state index in [0.29, 0.717) is 5.69 Å². The molecule has 6 heteroatoms. The Morgan fingerprint density at radius 3 is 2.46 bits per heavy atom. The lowest BCUT2D eigenvalue weighted by molar-refractivity contribution is -0.885. The van der Waals surface area contributed by atoms with Crippen molar-refractivity contribution in [1.82, 2.24) is 0 Å². The molecule has 6 nitrogen and oxygen atoms in total. The third-order valence-electron chi connectivity index (χ3n) is 3.79. The number of benzene rings is 2. The number of amides is 1. The summed E-state index contributed by atoms with van der Waals surface area (Å²) in [5, 5.41) is 13.6. The van der Waals surface area contributed by atoms with E-state index in [9.17, 15) is 14.9 Å². The number of carbonyl (C=O) groups excluding carboxylic acids is 1. The van der Waals surface area contributed by atoms with Crippen LogP contribution in [0.4, 0.5) is 11.4 Å². The van der Waals surface area contributed by atoms with Gasteiger partial charge in [-0.25, -0.2) is 0 Å². The second-order valence-electron chi connectivity index (χ2n) is 6.10. The molecule has 0 aliphatic heterocycles. The summed E-state index contributed by atoms with van der Waals surface area (Å²) in [5.41, 5.74) is 3.62. The lowest BCUT2D eigenvalue weighted by Gasteiger charge is -2.14. The molecule has 2 aromatic carbocycles. The highest BCUT2D eigenvalue weighted by atomic mass is 16.6. The molecule has 2 rings (SSSR count). The molecule has 0 fully saturated rings. The van der Waals surface area contributed by atoms with E-state index in [1.165, 1.54) is 17.7 Å². The van der Waals surface area contributed by atoms with Crippen LogP contribution in [0.15, 0.2) is 42.5 Å². The van der Waals surface area contributed by atoms with Crippen molar-refractivity contribution in [3.63, 3.8) is 0 Å². The van der Waals surface area contributed by atoms with Crippen LogP contribution in [0.1, 0.15) is 16.7 Å². The smallest absolute Gasteiger partial charge is 0.279 e. The zero-order chi connectivity index (χ0) is 17.7. The van der Waals surface area contributed by atoms with Crippen LogP contribution in [0.2, 0.25) is 0 Å². The van der Waals surface area contributed by atoms with Crippen LogP contribution >= 0.6 is 0 Å². The molecule has 0 aromatic heterocycles. The van der Waals surface area contributed by atoms with Crippen molar-refractivity contribution < 1.29 is 14.6 Å². The number of nitrogens with one attached hydrogen (secondary N) is 2. The molecule has 1 unspecified atom stereocenters. The Kier molecular flexibility index (Phi) is 5.65. The number of quaternary nitrogens is 1. The highest BCUT2D eigenvalue weighted by molar-refractivity contribution is 5.92. The fourth-order valence-corrected chi connectivity index (χ4v) is 2.44. The van der Waals surface area contributed by atoms with Gasteiger partial charge in [0.2, 0.25) is 0 Å². The van der Waals surface area contributed by atoms with E-state index < -0.39 is 4.92 Å². The van der Waals surface area contributed by atoms with Gasteiger partial charge in [0, 0.05) is 17.7 Å². The average molecular weight is 328 g/mol. The van der Waals surface area contributed by atoms with Crippen LogP contribution < -0.4 is 10.2 Å². The monoisotopic (exact) mass is 328 g/mol. The van der Waals surface area contributed by atoms with Gasteiger partial charge in [-0.3, -0.25) is 14.9 Å². The summed E-state index contributed by atoms with van der Waals surface area (Å²) in [6.07, 6.45) is 0. The van der Waals surface area contributed by atoms with E-state index in [1.807, 2.05) is 20.9 Å². The molecule has 0 bridgehead atoms. The second kappa shape index (κ2) is 7.70. The number of carbonyl (C=O) groups is 1. The summed E-state index contributed by atoms with van der Waals surface area (Å²) in [6.45, 7) is 4.87. The van der Waals surface area contributed by atoms with E-state index in [0.717, 1.165) is 22.6 Å². The van der Waals surface area contributed by atoms with E-state index in [1.54, 1.807) is 6.07 Å². The molecule has 24 heavy (non-hydrogen) atoms. The summed E-state index contributed by atoms with van der Waals surface area (Å²) in [4.78, 5) is 23.6. The Morgan fingerprint density at radius 2 is 1.83 bits per heavy atom. The van der Waals surface area contributed by atoms with Crippen molar-refractivity contribution in [2.24, 2.45) is 0 Å². The van der Waals surface area contributed by atoms with Gasteiger partial charge < -0.3 is 10.2 Å². The molecular formula is C18H22N3O3+. The number of non-ortho nitro benzene ring substituents is 1. The molecule has 2 N–H and O–H groups in total. The lowest BCUT2D eigenvalue weighted by atomic mass is 10.1. The molecule has 0 radical (unpaired) electrons. The zero-order valence-electron chi connectivity index (χ0n) is 14.1. The van der Waals surface area contributed by atoms with Crippen molar-refractivity contribution in [2.45, 2.75) is 20.4 Å². The Hall–Kier alpha value is -2.73. The van der Waals surface area contributed by atoms with Gasteiger partial charge in [-0.1, -0.05) is 35.9 Å². The molecule has 0 heterocycles. The number of hydrogen-bond acceptors (Lipinski definition) is 3. The first kappa shape index (κ1) is 17.6. The van der Waals surface area contributed by atoms with Crippen LogP contribution in [0, 0.1) is 24.0 Å². The predicted octanol–water partition coefficient (Wildman–Crippen LogP) is 1.87. The molecule has 0 saturated carbocycles. The molecule has 1 amide bonds. The number of likely N-dealkylation sites (N-methyl/N-ethyl adjacent to an activating group) is 1. The van der Waals surface area contributed by atoms with Gasteiger partial charge in [-0.05, 0) is 19.4 Å². The van der Waals surface area contributed by atoms with Crippen LogP contribution in [0.25, 0.3) is 0 Å². The third kappa shape index (κ3) is 4.89. The topological polar surface area (TPSA) is 76.7 Å². The summed E-state index contributed by atoms with van der Waals surface area (Å²) in [7, 11) is 1.94. The first-order valence-electron chi connectivity index (χ1n) is 7.77. The van der Waals surface area contributed by atoms with Gasteiger partial charge >= 0.3 is 0 Å². The molecule has 0 aliphatic rings. The molecule has 2 aromatic rings. The van der Waals surface area contributed by atoms with Crippen LogP contribution in [0.3, 0.4) is 0 Å². The second-order valence-corrected chi connectivity index (χ2v) is 6.10. The first-order chi connectivity index (χ1) is 11.3. The van der Waals surface area contributed by atoms with Crippen molar-refractivity contribution in [2.75, 3.05) is 18.9 Å². The van der Waals surface area contributed by atoms with Crippen molar-refractivity contribution >= 4 is 17.3 Å². The molecule has 0 spiro atoms. The minimum Gasteiger partial charge on any atom is -0.326 e. The summed E-state index contributed by atoms with van der Waals surface area (Å²) in [5.74, 6) is -0.164. The lowest BCUT2D eigenvalue weighted by Crippen LogP contribution is -3.08. The summed E-state index contributed by atoms with van der Waals surface area (Å²) < 4.78 is 0. The third-order valence-corrected chi connectivity index (χ3v) is 3.79. The Labute approximate surface area is 141 Å². The maximum absolute atomic E-state index is 12.2. The van der Waals surface area contributed by atoms with Crippen molar-refractivity contribution in [3.05, 3.63) is 69.3 Å². The maximum atomic E-state index is 12.2. The average Bonchev–Trinajstić information content (AvgIpc) is 2.51. The van der Waals surface area contributed by atoms with Crippen molar-refractivity contribution in [1.29, 1.82) is 0 Å². The Balaban J connectivity index is 1.96. The number of nitro benzene ring substituents is 1. The van der Waals surface area contributed by atoms with E-state index >= 15 is 0 Å². The van der Waals surface area contributed by atoms with E-state index in [-0.39, 0.29) is 18.1 Å². The molecule has 0 aliphatic carbocycles. The van der Waals surface area contributed by atoms with Gasteiger partial charge in [0.05, 0.1) is 17.7 Å². The normalized spacial score (nSPS) is 11.8. The minimum atomic E-state index is -0.468. The van der Waals surface area contributed by atoms with Crippen LogP contribution in [-0.2, 0) is 11.3 Å². The Morgan fingerprint density at radius 1 is 1.17 bits per heavy atom. The van der Waals surface area contributed by atoms with Gasteiger partial charge in [-0.2, -0.15) is 0 Å². The fraction of sp³-hybridized carbons (Fsp3) is 0.278. The number of anilines is 1. The standard InChI is InChI=1S/C18H21N3O3/c1-13-4-7-15(8-5-13)11-20(3)12-18(22)19-17-10-16(21(23)24)9-6-14(17)2/h4-10H,11-12H2,1-3H3,(H,19,22)/p+1. The number of nitrogens with zero attached hydrogens (tertiary/aromatic N) is 1. The van der Waals surface area contributed by atoms with Gasteiger partial charge in [0.1, 0.15) is 6.54 Å². The highest BCUT2D eigenvalue weighted by Gasteiger charge is 2.14. The van der Waals surface area contributed by atoms with Gasteiger partial charge in [0.25, 0.3) is 11.6 Å². The first-order valence-corrected chi connectivity index (χ1v) is 7.77. The number of hydrogen-bond donors (Lipinski definition) is 2. The Bertz CT molecular complexity index is 742. The molecular weight excluding hydrogens is 306 g/mol.